The summed E-state index contributed by atoms with van der Waals surface area (Å²) in [6.07, 6.45) is 3.32. The quantitative estimate of drug-likeness (QED) is 0.279. The van der Waals surface area contributed by atoms with Crippen molar-refractivity contribution in [2.45, 2.75) is 32.2 Å². The first-order valence-corrected chi connectivity index (χ1v) is 8.68. The minimum absolute atomic E-state index is 0. The number of anilines is 1. The highest BCUT2D eigenvalue weighted by atomic mass is 127. The van der Waals surface area contributed by atoms with Gasteiger partial charge in [0.2, 0.25) is 0 Å². The lowest BCUT2D eigenvalue weighted by atomic mass is 10.2. The largest absolute Gasteiger partial charge is 0.382 e. The molecule has 136 valence electrons. The number of nitrogens with zero attached hydrogens (tertiary/aromatic N) is 2. The van der Waals surface area contributed by atoms with Gasteiger partial charge in [-0.2, -0.15) is 0 Å². The summed E-state index contributed by atoms with van der Waals surface area (Å²) in [7, 11) is 1.83. The second kappa shape index (κ2) is 12.4. The summed E-state index contributed by atoms with van der Waals surface area (Å²) in [6, 6.07) is 11.1. The van der Waals surface area contributed by atoms with Gasteiger partial charge in [0.1, 0.15) is 0 Å². The molecule has 1 saturated heterocycles. The maximum atomic E-state index is 5.35. The molecule has 2 N–H and O–H groups in total. The molecular formula is C18H31IN4O. The van der Waals surface area contributed by atoms with E-state index < -0.39 is 0 Å². The van der Waals surface area contributed by atoms with Crippen molar-refractivity contribution in [1.29, 1.82) is 0 Å². The van der Waals surface area contributed by atoms with Gasteiger partial charge in [-0.05, 0) is 38.3 Å². The Hall–Kier alpha value is -1.02. The maximum absolute atomic E-state index is 5.35. The predicted octanol–water partition coefficient (Wildman–Crippen LogP) is 2.87. The van der Waals surface area contributed by atoms with E-state index in [-0.39, 0.29) is 24.0 Å². The Labute approximate surface area is 163 Å². The van der Waals surface area contributed by atoms with Crippen molar-refractivity contribution in [2.24, 2.45) is 4.99 Å². The van der Waals surface area contributed by atoms with Crippen LogP contribution in [0.25, 0.3) is 0 Å². The minimum Gasteiger partial charge on any atom is -0.382 e. The van der Waals surface area contributed by atoms with Crippen molar-refractivity contribution < 1.29 is 4.74 Å². The summed E-state index contributed by atoms with van der Waals surface area (Å²) in [5, 5.41) is 6.93. The highest BCUT2D eigenvalue weighted by Gasteiger charge is 2.23. The molecule has 0 radical (unpaired) electrons. The number of rotatable bonds is 8. The zero-order chi connectivity index (χ0) is 16.3. The molecule has 0 amide bonds. The molecule has 2 rings (SSSR count). The molecule has 5 nitrogen and oxygen atoms in total. The van der Waals surface area contributed by atoms with E-state index in [4.69, 9.17) is 4.74 Å². The van der Waals surface area contributed by atoms with Gasteiger partial charge >= 0.3 is 0 Å². The Balaban J connectivity index is 0.00000288. The first-order chi connectivity index (χ1) is 11.3. The van der Waals surface area contributed by atoms with Crippen LogP contribution in [-0.4, -0.2) is 51.9 Å². The van der Waals surface area contributed by atoms with Gasteiger partial charge in [0.05, 0.1) is 0 Å². The number of benzene rings is 1. The van der Waals surface area contributed by atoms with Gasteiger partial charge in [-0.3, -0.25) is 4.99 Å². The SMILES string of the molecule is CCOCCCCNC(=NC)NC1CCN(c2ccccc2)C1.I. The molecule has 1 aliphatic rings. The maximum Gasteiger partial charge on any atom is 0.191 e. The number of hydrogen-bond acceptors (Lipinski definition) is 3. The normalized spacial score (nSPS) is 17.5. The van der Waals surface area contributed by atoms with Crippen molar-refractivity contribution in [3.05, 3.63) is 30.3 Å². The van der Waals surface area contributed by atoms with Gasteiger partial charge in [-0.15, -0.1) is 24.0 Å². The molecule has 0 aliphatic carbocycles. The second-order valence-corrected chi connectivity index (χ2v) is 5.81. The van der Waals surface area contributed by atoms with Crippen molar-refractivity contribution >= 4 is 35.6 Å². The molecule has 1 fully saturated rings. The van der Waals surface area contributed by atoms with Crippen LogP contribution in [0.4, 0.5) is 5.69 Å². The first kappa shape index (κ1) is 21.0. The second-order valence-electron chi connectivity index (χ2n) is 5.81. The summed E-state index contributed by atoms with van der Waals surface area (Å²) in [5.74, 6) is 0.904. The van der Waals surface area contributed by atoms with E-state index in [1.165, 1.54) is 5.69 Å². The molecule has 1 heterocycles. The Bertz CT molecular complexity index is 469. The van der Waals surface area contributed by atoms with Crippen molar-refractivity contribution in [3.63, 3.8) is 0 Å². The number of hydrogen-bond donors (Lipinski definition) is 2. The standard InChI is InChI=1S/C18H30N4O.HI/c1-3-23-14-8-7-12-20-18(19-2)21-16-11-13-22(15-16)17-9-5-4-6-10-17;/h4-6,9-10,16H,3,7-8,11-15H2,1-2H3,(H2,19,20,21);1H. The van der Waals surface area contributed by atoms with Gasteiger partial charge in [-0.25, -0.2) is 0 Å². The third kappa shape index (κ3) is 7.25. The third-order valence-corrected chi connectivity index (χ3v) is 4.09. The lowest BCUT2D eigenvalue weighted by molar-refractivity contribution is 0.143. The Kier molecular flexibility index (Phi) is 10.8. The van der Waals surface area contributed by atoms with Crippen LogP contribution in [0.5, 0.6) is 0 Å². The third-order valence-electron chi connectivity index (χ3n) is 4.09. The number of para-hydroxylation sites is 1. The molecule has 1 aromatic carbocycles. The van der Waals surface area contributed by atoms with Gasteiger partial charge in [0.25, 0.3) is 0 Å². The zero-order valence-corrected chi connectivity index (χ0v) is 17.2. The van der Waals surface area contributed by atoms with Crippen LogP contribution >= 0.6 is 24.0 Å². The van der Waals surface area contributed by atoms with Crippen LogP contribution in [0.2, 0.25) is 0 Å². The predicted molar refractivity (Wildman–Crippen MR) is 113 cm³/mol. The molecule has 6 heteroatoms. The van der Waals surface area contributed by atoms with Crippen LogP contribution in [0.15, 0.2) is 35.3 Å². The number of halogens is 1. The monoisotopic (exact) mass is 446 g/mol. The molecule has 1 unspecified atom stereocenters. The molecule has 0 spiro atoms. The molecule has 0 saturated carbocycles. The van der Waals surface area contributed by atoms with E-state index in [0.717, 1.165) is 58.1 Å². The van der Waals surface area contributed by atoms with Gasteiger partial charge < -0.3 is 20.3 Å². The smallest absolute Gasteiger partial charge is 0.191 e. The lowest BCUT2D eigenvalue weighted by Crippen LogP contribution is -2.44. The molecular weight excluding hydrogens is 415 g/mol. The van der Waals surface area contributed by atoms with Crippen molar-refractivity contribution in [1.82, 2.24) is 10.6 Å². The molecule has 1 aliphatic heterocycles. The number of aliphatic imine (C=N–C) groups is 1. The average Bonchev–Trinajstić information content (AvgIpc) is 3.06. The van der Waals surface area contributed by atoms with Gasteiger partial charge in [-0.1, -0.05) is 18.2 Å². The fourth-order valence-electron chi connectivity index (χ4n) is 2.82. The summed E-state index contributed by atoms with van der Waals surface area (Å²) in [5.41, 5.74) is 1.30. The first-order valence-electron chi connectivity index (χ1n) is 8.68. The summed E-state index contributed by atoms with van der Waals surface area (Å²) in [4.78, 5) is 6.75. The topological polar surface area (TPSA) is 48.9 Å². The van der Waals surface area contributed by atoms with Crippen LogP contribution in [0.3, 0.4) is 0 Å². The van der Waals surface area contributed by atoms with E-state index in [2.05, 4.69) is 50.9 Å². The van der Waals surface area contributed by atoms with Crippen LogP contribution in [0.1, 0.15) is 26.2 Å². The van der Waals surface area contributed by atoms with Crippen LogP contribution in [-0.2, 0) is 4.74 Å². The fourth-order valence-corrected chi connectivity index (χ4v) is 2.82. The van der Waals surface area contributed by atoms with E-state index in [1.54, 1.807) is 0 Å². The van der Waals surface area contributed by atoms with E-state index >= 15 is 0 Å². The lowest BCUT2D eigenvalue weighted by Gasteiger charge is -2.20. The number of ether oxygens (including phenoxy) is 1. The molecule has 0 aromatic heterocycles. The molecule has 1 atom stereocenters. The number of unbranched alkanes of at least 4 members (excludes halogenated alkanes) is 1. The number of nitrogens with one attached hydrogen (secondary N) is 2. The van der Waals surface area contributed by atoms with Crippen LogP contribution < -0.4 is 15.5 Å². The summed E-state index contributed by atoms with van der Waals surface area (Å²) >= 11 is 0. The highest BCUT2D eigenvalue weighted by molar-refractivity contribution is 14.0. The Morgan fingerprint density at radius 3 is 2.79 bits per heavy atom. The zero-order valence-electron chi connectivity index (χ0n) is 14.8. The minimum atomic E-state index is 0. The van der Waals surface area contributed by atoms with Gasteiger partial charge in [0.15, 0.2) is 5.96 Å². The van der Waals surface area contributed by atoms with Crippen molar-refractivity contribution in [3.8, 4) is 0 Å². The summed E-state index contributed by atoms with van der Waals surface area (Å²) < 4.78 is 5.35. The Morgan fingerprint density at radius 1 is 1.29 bits per heavy atom. The highest BCUT2D eigenvalue weighted by Crippen LogP contribution is 2.19. The average molecular weight is 446 g/mol. The van der Waals surface area contributed by atoms with Crippen molar-refractivity contribution in [2.75, 3.05) is 44.8 Å². The van der Waals surface area contributed by atoms with E-state index in [0.29, 0.717) is 6.04 Å². The van der Waals surface area contributed by atoms with Gasteiger partial charge in [0, 0.05) is 51.6 Å². The molecule has 0 bridgehead atoms. The van der Waals surface area contributed by atoms with E-state index in [9.17, 15) is 0 Å². The summed E-state index contributed by atoms with van der Waals surface area (Å²) in [6.45, 7) is 6.73. The Morgan fingerprint density at radius 2 is 2.08 bits per heavy atom. The number of guanidine groups is 1. The van der Waals surface area contributed by atoms with E-state index in [1.807, 2.05) is 14.0 Å². The fraction of sp³-hybridized carbons (Fsp3) is 0.611. The molecule has 24 heavy (non-hydrogen) atoms. The molecule has 1 aromatic rings. The van der Waals surface area contributed by atoms with Crippen LogP contribution in [0, 0.1) is 0 Å².